The lowest BCUT2D eigenvalue weighted by molar-refractivity contribution is 0.0830. The zero-order valence-corrected chi connectivity index (χ0v) is 19.8. The Hall–Kier alpha value is -3.22. The van der Waals surface area contributed by atoms with E-state index < -0.39 is 23.3 Å². The third kappa shape index (κ3) is 3.58. The number of para-hydroxylation sites is 1. The number of nitrogens with zero attached hydrogens (tertiary/aromatic N) is 1. The normalized spacial score (nSPS) is 17.3. The van der Waals surface area contributed by atoms with Gasteiger partial charge < -0.3 is 10.1 Å². The van der Waals surface area contributed by atoms with E-state index in [-0.39, 0.29) is 12.0 Å². The number of anilines is 1. The highest BCUT2D eigenvalue weighted by Gasteiger charge is 2.42. The van der Waals surface area contributed by atoms with Crippen molar-refractivity contribution in [1.29, 1.82) is 0 Å². The van der Waals surface area contributed by atoms with Gasteiger partial charge in [0.2, 0.25) is 0 Å². The first kappa shape index (κ1) is 22.6. The minimum atomic E-state index is -0.846. The van der Waals surface area contributed by atoms with E-state index in [2.05, 4.69) is 10.4 Å². The van der Waals surface area contributed by atoms with Crippen molar-refractivity contribution < 1.29 is 13.9 Å². The molecule has 34 heavy (non-hydrogen) atoms. The molecule has 5 rings (SSSR count). The predicted molar refractivity (Wildman–Crippen MR) is 133 cm³/mol. The van der Waals surface area contributed by atoms with Gasteiger partial charge in [0.25, 0.3) is 0 Å². The molecule has 0 radical (unpaired) electrons. The number of nitrogens with one attached hydrogen (secondary N) is 2. The van der Waals surface area contributed by atoms with Gasteiger partial charge in [0, 0.05) is 35.7 Å². The molecule has 0 unspecified atom stereocenters. The molecule has 0 aliphatic carbocycles. The summed E-state index contributed by atoms with van der Waals surface area (Å²) in [7, 11) is 0. The second-order valence-corrected chi connectivity index (χ2v) is 9.77. The Morgan fingerprint density at radius 3 is 2.59 bits per heavy atom. The van der Waals surface area contributed by atoms with Crippen molar-refractivity contribution in [2.24, 2.45) is 0 Å². The Labute approximate surface area is 198 Å². The standard InChI is InChI=1S/C28H29F2N3O/c1-16-8-10-18(11-9-16)15-32-33-23-13-22(29)25(26(30)21(23)12-24(34)28(33,3)4)20-7-5-6-19-17(2)14-31-27(19)20/h5-11,13-14,24,31-32,34H,12,15H2,1-4H3/t24-/m0/s1. The molecule has 3 N–H and O–H groups in total. The lowest BCUT2D eigenvalue weighted by Gasteiger charge is -2.48. The van der Waals surface area contributed by atoms with E-state index in [4.69, 9.17) is 0 Å². The number of hydrazine groups is 1. The van der Waals surface area contributed by atoms with E-state index in [1.807, 2.05) is 70.3 Å². The minimum Gasteiger partial charge on any atom is -0.390 e. The first-order chi connectivity index (χ1) is 16.2. The summed E-state index contributed by atoms with van der Waals surface area (Å²) < 4.78 is 31.6. The topological polar surface area (TPSA) is 51.3 Å². The fraction of sp³-hybridized carbons (Fsp3) is 0.286. The van der Waals surface area contributed by atoms with Crippen LogP contribution in [0.15, 0.2) is 54.7 Å². The molecule has 4 aromatic rings. The van der Waals surface area contributed by atoms with Crippen LogP contribution in [0.25, 0.3) is 22.0 Å². The van der Waals surface area contributed by atoms with Gasteiger partial charge in [-0.15, -0.1) is 0 Å². The van der Waals surface area contributed by atoms with E-state index in [0.717, 1.165) is 22.1 Å². The maximum atomic E-state index is 16.0. The predicted octanol–water partition coefficient (Wildman–Crippen LogP) is 5.94. The molecular weight excluding hydrogens is 432 g/mol. The summed E-state index contributed by atoms with van der Waals surface area (Å²) in [6, 6.07) is 14.9. The number of aromatic amines is 1. The maximum Gasteiger partial charge on any atom is 0.139 e. The Bertz CT molecular complexity index is 1370. The number of aliphatic hydroxyl groups is 1. The van der Waals surface area contributed by atoms with E-state index in [1.54, 1.807) is 11.1 Å². The Morgan fingerprint density at radius 2 is 1.85 bits per heavy atom. The maximum absolute atomic E-state index is 16.0. The molecule has 0 spiro atoms. The fourth-order valence-corrected chi connectivity index (χ4v) is 4.86. The van der Waals surface area contributed by atoms with Crippen molar-refractivity contribution in [3.8, 4) is 11.1 Å². The van der Waals surface area contributed by atoms with Crippen LogP contribution in [0.1, 0.15) is 36.1 Å². The van der Waals surface area contributed by atoms with Gasteiger partial charge in [-0.05, 0) is 44.9 Å². The summed E-state index contributed by atoms with van der Waals surface area (Å²) in [4.78, 5) is 3.16. The monoisotopic (exact) mass is 461 g/mol. The number of rotatable bonds is 4. The van der Waals surface area contributed by atoms with Crippen molar-refractivity contribution in [2.45, 2.75) is 52.3 Å². The summed E-state index contributed by atoms with van der Waals surface area (Å²) >= 11 is 0. The second-order valence-electron chi connectivity index (χ2n) is 9.77. The van der Waals surface area contributed by atoms with Gasteiger partial charge in [0.15, 0.2) is 0 Å². The molecule has 6 heteroatoms. The second kappa shape index (κ2) is 8.22. The van der Waals surface area contributed by atoms with E-state index in [1.165, 1.54) is 6.07 Å². The van der Waals surface area contributed by atoms with Gasteiger partial charge in [-0.2, -0.15) is 0 Å². The summed E-state index contributed by atoms with van der Waals surface area (Å²) in [5.41, 5.74) is 7.57. The Balaban J connectivity index is 1.61. The van der Waals surface area contributed by atoms with Crippen LogP contribution in [0, 0.1) is 25.5 Å². The average Bonchev–Trinajstić information content (AvgIpc) is 3.18. The molecule has 0 fully saturated rings. The number of benzene rings is 3. The Morgan fingerprint density at radius 1 is 1.12 bits per heavy atom. The van der Waals surface area contributed by atoms with E-state index in [9.17, 15) is 5.11 Å². The number of hydrogen-bond acceptors (Lipinski definition) is 3. The van der Waals surface area contributed by atoms with Crippen LogP contribution in [0.2, 0.25) is 0 Å². The largest absolute Gasteiger partial charge is 0.390 e. The Kier molecular flexibility index (Phi) is 5.46. The summed E-state index contributed by atoms with van der Waals surface area (Å²) in [6.07, 6.45) is 1.09. The highest BCUT2D eigenvalue weighted by atomic mass is 19.1. The highest BCUT2D eigenvalue weighted by Crippen LogP contribution is 2.43. The van der Waals surface area contributed by atoms with Crippen molar-refractivity contribution in [2.75, 3.05) is 5.01 Å². The number of aromatic nitrogens is 1. The van der Waals surface area contributed by atoms with Gasteiger partial charge in [-0.1, -0.05) is 48.0 Å². The van der Waals surface area contributed by atoms with Crippen LogP contribution in [0.3, 0.4) is 0 Å². The fourth-order valence-electron chi connectivity index (χ4n) is 4.86. The molecule has 0 saturated heterocycles. The van der Waals surface area contributed by atoms with Gasteiger partial charge in [0.05, 0.1) is 28.4 Å². The van der Waals surface area contributed by atoms with Crippen LogP contribution in [0.4, 0.5) is 14.5 Å². The molecule has 3 aromatic carbocycles. The number of halogens is 2. The first-order valence-electron chi connectivity index (χ1n) is 11.5. The highest BCUT2D eigenvalue weighted by molar-refractivity contribution is 5.96. The van der Waals surface area contributed by atoms with Crippen LogP contribution in [-0.2, 0) is 13.0 Å². The molecule has 0 saturated carbocycles. The first-order valence-corrected chi connectivity index (χ1v) is 11.5. The number of hydrogen-bond donors (Lipinski definition) is 3. The summed E-state index contributed by atoms with van der Waals surface area (Å²) in [5.74, 6) is -1.27. The molecule has 176 valence electrons. The van der Waals surface area contributed by atoms with Crippen LogP contribution < -0.4 is 10.4 Å². The lowest BCUT2D eigenvalue weighted by Crippen LogP contribution is -2.61. The van der Waals surface area contributed by atoms with Gasteiger partial charge in [0.1, 0.15) is 11.6 Å². The summed E-state index contributed by atoms with van der Waals surface area (Å²) in [5, 5.41) is 13.6. The van der Waals surface area contributed by atoms with Crippen LogP contribution in [-0.4, -0.2) is 21.7 Å². The minimum absolute atomic E-state index is 0.0726. The third-order valence-electron chi connectivity index (χ3n) is 7.08. The lowest BCUT2D eigenvalue weighted by atomic mass is 9.83. The molecule has 1 aliphatic heterocycles. The third-order valence-corrected chi connectivity index (χ3v) is 7.08. The quantitative estimate of drug-likeness (QED) is 0.353. The van der Waals surface area contributed by atoms with Crippen molar-refractivity contribution >= 4 is 16.6 Å². The van der Waals surface area contributed by atoms with Gasteiger partial charge in [-0.25, -0.2) is 14.2 Å². The molecule has 1 aromatic heterocycles. The van der Waals surface area contributed by atoms with Gasteiger partial charge in [-0.3, -0.25) is 5.01 Å². The zero-order valence-electron chi connectivity index (χ0n) is 19.8. The molecule has 0 amide bonds. The van der Waals surface area contributed by atoms with Crippen LogP contribution in [0.5, 0.6) is 0 Å². The van der Waals surface area contributed by atoms with Gasteiger partial charge >= 0.3 is 0 Å². The zero-order chi connectivity index (χ0) is 24.2. The van der Waals surface area contributed by atoms with E-state index >= 15 is 8.78 Å². The van der Waals surface area contributed by atoms with Crippen molar-refractivity contribution in [1.82, 2.24) is 10.4 Å². The molecule has 1 atom stereocenters. The molecule has 1 aliphatic rings. The number of aliphatic hydroxyl groups excluding tert-OH is 1. The van der Waals surface area contributed by atoms with E-state index in [0.29, 0.717) is 28.9 Å². The number of fused-ring (bicyclic) bond motifs is 2. The van der Waals surface area contributed by atoms with Crippen molar-refractivity contribution in [3.05, 3.63) is 88.6 Å². The number of H-pyrrole nitrogens is 1. The van der Waals surface area contributed by atoms with Crippen molar-refractivity contribution in [3.63, 3.8) is 0 Å². The molecular formula is C28H29F2N3O. The molecule has 0 bridgehead atoms. The number of aryl methyl sites for hydroxylation is 2. The summed E-state index contributed by atoms with van der Waals surface area (Å²) in [6.45, 7) is 8.18. The van der Waals surface area contributed by atoms with Crippen LogP contribution >= 0.6 is 0 Å². The smallest absolute Gasteiger partial charge is 0.139 e. The molecule has 2 heterocycles. The molecule has 4 nitrogen and oxygen atoms in total. The average molecular weight is 462 g/mol. The SMILES string of the molecule is Cc1ccc(CNN2c3cc(F)c(-c4cccc5c(C)c[nH]c45)c(F)c3C[C@H](O)C2(C)C)cc1.